The predicted octanol–water partition coefficient (Wildman–Crippen LogP) is 0.523. The van der Waals surface area contributed by atoms with Gasteiger partial charge in [-0.25, -0.2) is 9.59 Å². The first-order valence-corrected chi connectivity index (χ1v) is 8.42. The third kappa shape index (κ3) is 4.97. The van der Waals surface area contributed by atoms with E-state index in [1.54, 1.807) is 0 Å². The topological polar surface area (TPSA) is 117 Å². The number of unbranched alkanes of at least 4 members (excludes halogenated alkanes) is 1. The van der Waals surface area contributed by atoms with Gasteiger partial charge in [0.15, 0.2) is 0 Å². The summed E-state index contributed by atoms with van der Waals surface area (Å²) in [4.78, 5) is 32.9. The summed E-state index contributed by atoms with van der Waals surface area (Å²) < 4.78 is 4.29. The number of thioether (sulfide) groups is 1. The zero-order valence-electron chi connectivity index (χ0n) is 12.2. The Morgan fingerprint density at radius 1 is 1.36 bits per heavy atom. The van der Waals surface area contributed by atoms with Crippen LogP contribution in [0.5, 0.6) is 0 Å². The molecule has 22 heavy (non-hydrogen) atoms. The highest BCUT2D eigenvalue weighted by atomic mass is 32.2. The fourth-order valence-electron chi connectivity index (χ4n) is 2.69. The van der Waals surface area contributed by atoms with Crippen LogP contribution in [0.1, 0.15) is 25.7 Å². The minimum absolute atomic E-state index is 0.0322. The number of fused-ring (bicyclic) bond motifs is 1. The van der Waals surface area contributed by atoms with Gasteiger partial charge >= 0.3 is 12.2 Å². The first-order chi connectivity index (χ1) is 10.6. The van der Waals surface area contributed by atoms with Gasteiger partial charge in [-0.1, -0.05) is 6.42 Å². The first kappa shape index (κ1) is 16.7. The van der Waals surface area contributed by atoms with Crippen molar-refractivity contribution in [1.82, 2.24) is 16.0 Å². The monoisotopic (exact) mass is 331 g/mol. The molecule has 0 aromatic carbocycles. The second kappa shape index (κ2) is 8.11. The normalized spacial score (nSPS) is 26.0. The number of carbonyl (C=O) groups is 3. The molecule has 2 rings (SSSR count). The van der Waals surface area contributed by atoms with Gasteiger partial charge in [0.1, 0.15) is 6.61 Å². The molecule has 3 amide bonds. The number of hydrogen-bond donors (Lipinski definition) is 4. The predicted molar refractivity (Wildman–Crippen MR) is 80.9 cm³/mol. The van der Waals surface area contributed by atoms with Crippen molar-refractivity contribution in [3.63, 3.8) is 0 Å². The van der Waals surface area contributed by atoms with E-state index in [1.807, 2.05) is 11.8 Å². The van der Waals surface area contributed by atoms with Crippen LogP contribution in [0.2, 0.25) is 0 Å². The maximum absolute atomic E-state index is 11.5. The van der Waals surface area contributed by atoms with Gasteiger partial charge in [-0.05, 0) is 12.8 Å². The molecule has 0 bridgehead atoms. The van der Waals surface area contributed by atoms with Crippen molar-refractivity contribution in [3.05, 3.63) is 0 Å². The van der Waals surface area contributed by atoms with E-state index in [4.69, 9.17) is 5.11 Å². The molecular weight excluding hydrogens is 310 g/mol. The minimum Gasteiger partial charge on any atom is -0.450 e. The number of ether oxygens (including phenoxy) is 1. The average molecular weight is 331 g/mol. The standard InChI is InChI=1S/C13H21N3O5S/c17-10(14-5-6-21-13(19)20)4-2-1-3-9-11-8(7-22-9)15-12(18)16-11/h8-9,11H,1-7H2,(H,14,17)(H,19,20)(H2,15,16,18). The average Bonchev–Trinajstić information content (AvgIpc) is 2.99. The summed E-state index contributed by atoms with van der Waals surface area (Å²) in [6.07, 6.45) is 1.76. The van der Waals surface area contributed by atoms with Gasteiger partial charge in [-0.2, -0.15) is 11.8 Å². The maximum atomic E-state index is 11.5. The number of carbonyl (C=O) groups excluding carboxylic acids is 2. The van der Waals surface area contributed by atoms with E-state index in [1.165, 1.54) is 0 Å². The van der Waals surface area contributed by atoms with Gasteiger partial charge in [0.25, 0.3) is 0 Å². The molecule has 2 saturated heterocycles. The van der Waals surface area contributed by atoms with E-state index < -0.39 is 6.16 Å². The molecule has 0 aromatic rings. The number of nitrogens with one attached hydrogen (secondary N) is 3. The molecule has 0 saturated carbocycles. The lowest BCUT2D eigenvalue weighted by Gasteiger charge is -2.16. The molecule has 8 nitrogen and oxygen atoms in total. The Hall–Kier alpha value is -1.64. The number of urea groups is 1. The highest BCUT2D eigenvalue weighted by molar-refractivity contribution is 8.00. The number of amides is 3. The molecule has 0 aliphatic carbocycles. The van der Waals surface area contributed by atoms with E-state index >= 15 is 0 Å². The van der Waals surface area contributed by atoms with Crippen molar-refractivity contribution < 1.29 is 24.2 Å². The second-order valence-electron chi connectivity index (χ2n) is 5.33. The summed E-state index contributed by atoms with van der Waals surface area (Å²) in [5.41, 5.74) is 0. The number of carboxylic acid groups (broad SMARTS) is 1. The summed E-state index contributed by atoms with van der Waals surface area (Å²) in [7, 11) is 0. The van der Waals surface area contributed by atoms with Gasteiger partial charge in [-0.15, -0.1) is 0 Å². The molecule has 0 aromatic heterocycles. The van der Waals surface area contributed by atoms with E-state index in [-0.39, 0.29) is 37.2 Å². The number of rotatable bonds is 8. The summed E-state index contributed by atoms with van der Waals surface area (Å²) in [6.45, 7) is 0.167. The zero-order chi connectivity index (χ0) is 15.9. The van der Waals surface area contributed by atoms with Crippen molar-refractivity contribution in [2.45, 2.75) is 43.0 Å². The molecule has 2 aliphatic rings. The smallest absolute Gasteiger partial charge is 0.450 e. The molecular formula is C13H21N3O5S. The second-order valence-corrected chi connectivity index (χ2v) is 6.60. The van der Waals surface area contributed by atoms with Crippen molar-refractivity contribution >= 4 is 29.9 Å². The van der Waals surface area contributed by atoms with Gasteiger partial charge < -0.3 is 25.8 Å². The molecule has 2 aliphatic heterocycles. The molecule has 0 spiro atoms. The lowest BCUT2D eigenvalue weighted by Crippen LogP contribution is -2.36. The van der Waals surface area contributed by atoms with Gasteiger partial charge in [-0.3, -0.25) is 4.79 Å². The van der Waals surface area contributed by atoms with E-state index in [2.05, 4.69) is 20.7 Å². The van der Waals surface area contributed by atoms with Crippen LogP contribution in [-0.4, -0.2) is 59.4 Å². The molecule has 4 N–H and O–H groups in total. The Labute approximate surface area is 132 Å². The zero-order valence-corrected chi connectivity index (χ0v) is 13.0. The molecule has 2 fully saturated rings. The summed E-state index contributed by atoms with van der Waals surface area (Å²) in [5, 5.41) is 17.1. The maximum Gasteiger partial charge on any atom is 0.505 e. The van der Waals surface area contributed by atoms with Crippen molar-refractivity contribution in [2.75, 3.05) is 18.9 Å². The molecule has 3 atom stereocenters. The fraction of sp³-hybridized carbons (Fsp3) is 0.769. The SMILES string of the molecule is O=C(CCCCC1SCC2NC(=O)NC21)NCCOC(=O)O. The Kier molecular flexibility index (Phi) is 6.17. The first-order valence-electron chi connectivity index (χ1n) is 7.37. The molecule has 124 valence electrons. The molecule has 2 heterocycles. The van der Waals surface area contributed by atoms with Crippen molar-refractivity contribution in [1.29, 1.82) is 0 Å². The Morgan fingerprint density at radius 3 is 2.95 bits per heavy atom. The van der Waals surface area contributed by atoms with Crippen LogP contribution < -0.4 is 16.0 Å². The fourth-order valence-corrected chi connectivity index (χ4v) is 4.23. The van der Waals surface area contributed by atoms with Gasteiger partial charge in [0.05, 0.1) is 18.6 Å². The lowest BCUT2D eigenvalue weighted by molar-refractivity contribution is -0.121. The van der Waals surface area contributed by atoms with E-state index in [9.17, 15) is 14.4 Å². The van der Waals surface area contributed by atoms with Crippen LogP contribution in [-0.2, 0) is 9.53 Å². The quantitative estimate of drug-likeness (QED) is 0.293. The minimum atomic E-state index is -1.34. The van der Waals surface area contributed by atoms with Crippen LogP contribution in [0.3, 0.4) is 0 Å². The van der Waals surface area contributed by atoms with Gasteiger partial charge in [0.2, 0.25) is 5.91 Å². The highest BCUT2D eigenvalue weighted by Gasteiger charge is 2.42. The molecule has 9 heteroatoms. The van der Waals surface area contributed by atoms with Crippen molar-refractivity contribution in [2.24, 2.45) is 0 Å². The molecule has 3 unspecified atom stereocenters. The third-order valence-electron chi connectivity index (χ3n) is 3.73. The summed E-state index contributed by atoms with van der Waals surface area (Å²) >= 11 is 1.86. The Bertz CT molecular complexity index is 434. The summed E-state index contributed by atoms with van der Waals surface area (Å²) in [5.74, 6) is 0.847. The summed E-state index contributed by atoms with van der Waals surface area (Å²) in [6, 6.07) is 0.364. The van der Waals surface area contributed by atoms with Crippen LogP contribution in [0, 0.1) is 0 Å². The van der Waals surface area contributed by atoms with Crippen LogP contribution >= 0.6 is 11.8 Å². The largest absolute Gasteiger partial charge is 0.505 e. The van der Waals surface area contributed by atoms with Gasteiger partial charge in [0, 0.05) is 17.4 Å². The van der Waals surface area contributed by atoms with Crippen LogP contribution in [0.25, 0.3) is 0 Å². The van der Waals surface area contributed by atoms with Crippen LogP contribution in [0.15, 0.2) is 0 Å². The Balaban J connectivity index is 1.51. The lowest BCUT2D eigenvalue weighted by atomic mass is 10.0. The van der Waals surface area contributed by atoms with Crippen LogP contribution in [0.4, 0.5) is 9.59 Å². The Morgan fingerprint density at radius 2 is 2.18 bits per heavy atom. The van der Waals surface area contributed by atoms with Crippen molar-refractivity contribution in [3.8, 4) is 0 Å². The third-order valence-corrected chi connectivity index (χ3v) is 5.24. The van der Waals surface area contributed by atoms with E-state index in [0.29, 0.717) is 11.7 Å². The molecule has 0 radical (unpaired) electrons. The number of hydrogen-bond acceptors (Lipinski definition) is 5. The highest BCUT2D eigenvalue weighted by Crippen LogP contribution is 2.33. The van der Waals surface area contributed by atoms with E-state index in [0.717, 1.165) is 25.0 Å².